The van der Waals surface area contributed by atoms with E-state index in [0.29, 0.717) is 0 Å². The van der Waals surface area contributed by atoms with Gasteiger partial charge in [-0.3, -0.25) is 9.59 Å². The van der Waals surface area contributed by atoms with E-state index >= 15 is 0 Å². The highest BCUT2D eigenvalue weighted by Crippen LogP contribution is 2.39. The van der Waals surface area contributed by atoms with Crippen LogP contribution in [-0.2, 0) is 20.7 Å². The second-order valence-electron chi connectivity index (χ2n) is 6.73. The Morgan fingerprint density at radius 3 is 2.88 bits per heavy atom. The molecule has 6 nitrogen and oxygen atoms in total. The van der Waals surface area contributed by atoms with E-state index in [2.05, 4.69) is 11.4 Å². The summed E-state index contributed by atoms with van der Waals surface area (Å²) in [6.45, 7) is 3.27. The number of furan rings is 1. The number of aryl methyl sites for hydroxylation is 1. The van der Waals surface area contributed by atoms with Gasteiger partial charge in [-0.2, -0.15) is 5.26 Å². The standard InChI is InChI=1S/C19H20N2O4/c1-12-3-6-15-13(9-24-16(15)7-12)8-18(23)25-10-17(22)21-19(2,11-20)14-4-5-14/h3,6-7,9,14H,4-5,8,10H2,1-2H3,(H,21,22)/t19-/m0/s1. The maximum atomic E-state index is 12.0. The molecule has 1 saturated carbocycles. The van der Waals surface area contributed by atoms with E-state index in [1.807, 2.05) is 25.1 Å². The number of esters is 1. The van der Waals surface area contributed by atoms with Crippen molar-refractivity contribution in [3.05, 3.63) is 35.6 Å². The van der Waals surface area contributed by atoms with Crippen LogP contribution in [0.4, 0.5) is 0 Å². The summed E-state index contributed by atoms with van der Waals surface area (Å²) in [4.78, 5) is 23.9. The predicted octanol–water partition coefficient (Wildman–Crippen LogP) is 2.64. The molecule has 1 aromatic heterocycles. The summed E-state index contributed by atoms with van der Waals surface area (Å²) in [6.07, 6.45) is 3.42. The van der Waals surface area contributed by atoms with Gasteiger partial charge in [0, 0.05) is 10.9 Å². The van der Waals surface area contributed by atoms with Crippen molar-refractivity contribution >= 4 is 22.8 Å². The van der Waals surface area contributed by atoms with Crippen LogP contribution in [0.15, 0.2) is 28.9 Å². The lowest BCUT2D eigenvalue weighted by Crippen LogP contribution is -2.48. The number of nitrogens with zero attached hydrogens (tertiary/aromatic N) is 1. The van der Waals surface area contributed by atoms with Crippen LogP contribution in [0.1, 0.15) is 30.9 Å². The van der Waals surface area contributed by atoms with Gasteiger partial charge in [0.05, 0.1) is 18.8 Å². The zero-order valence-corrected chi connectivity index (χ0v) is 14.3. The van der Waals surface area contributed by atoms with Gasteiger partial charge in [-0.25, -0.2) is 0 Å². The summed E-state index contributed by atoms with van der Waals surface area (Å²) >= 11 is 0. The number of amides is 1. The number of carbonyl (C=O) groups excluding carboxylic acids is 2. The Kier molecular flexibility index (Phi) is 4.49. The molecular formula is C19H20N2O4. The monoisotopic (exact) mass is 340 g/mol. The van der Waals surface area contributed by atoms with Gasteiger partial charge in [-0.1, -0.05) is 12.1 Å². The Morgan fingerprint density at radius 2 is 2.20 bits per heavy atom. The lowest BCUT2D eigenvalue weighted by Gasteiger charge is -2.22. The Hall–Kier alpha value is -2.81. The van der Waals surface area contributed by atoms with Gasteiger partial charge in [0.2, 0.25) is 0 Å². The molecule has 0 unspecified atom stereocenters. The second-order valence-corrected chi connectivity index (χ2v) is 6.73. The lowest BCUT2D eigenvalue weighted by atomic mass is 9.98. The zero-order valence-electron chi connectivity index (χ0n) is 14.3. The van der Waals surface area contributed by atoms with E-state index in [1.165, 1.54) is 6.26 Å². The fourth-order valence-corrected chi connectivity index (χ4v) is 2.89. The number of rotatable bonds is 6. The molecule has 0 aliphatic heterocycles. The number of carbonyl (C=O) groups is 2. The van der Waals surface area contributed by atoms with E-state index in [1.54, 1.807) is 6.92 Å². The number of nitriles is 1. The number of ether oxygens (including phenoxy) is 1. The molecule has 0 bridgehead atoms. The van der Waals surface area contributed by atoms with Crippen molar-refractivity contribution in [2.24, 2.45) is 5.92 Å². The first-order valence-corrected chi connectivity index (χ1v) is 8.26. The topological polar surface area (TPSA) is 92.3 Å². The lowest BCUT2D eigenvalue weighted by molar-refractivity contribution is -0.148. The van der Waals surface area contributed by atoms with Crippen LogP contribution in [0.25, 0.3) is 11.0 Å². The van der Waals surface area contributed by atoms with Crippen molar-refractivity contribution in [3.63, 3.8) is 0 Å². The molecule has 0 saturated heterocycles. The number of hydrogen-bond donors (Lipinski definition) is 1. The molecule has 1 heterocycles. The molecule has 1 aliphatic rings. The van der Waals surface area contributed by atoms with Crippen molar-refractivity contribution in [2.75, 3.05) is 6.61 Å². The molecule has 1 fully saturated rings. The smallest absolute Gasteiger partial charge is 0.310 e. The summed E-state index contributed by atoms with van der Waals surface area (Å²) in [7, 11) is 0. The average molecular weight is 340 g/mol. The quantitative estimate of drug-likeness (QED) is 0.816. The van der Waals surface area contributed by atoms with E-state index < -0.39 is 24.0 Å². The van der Waals surface area contributed by atoms with Crippen LogP contribution in [0.3, 0.4) is 0 Å². The predicted molar refractivity (Wildman–Crippen MR) is 90.5 cm³/mol. The molecular weight excluding hydrogens is 320 g/mol. The Bertz CT molecular complexity index is 860. The number of fused-ring (bicyclic) bond motifs is 1. The van der Waals surface area contributed by atoms with Gasteiger partial charge in [-0.05, 0) is 44.2 Å². The van der Waals surface area contributed by atoms with Gasteiger partial charge in [-0.15, -0.1) is 0 Å². The maximum absolute atomic E-state index is 12.0. The molecule has 1 atom stereocenters. The van der Waals surface area contributed by atoms with Crippen LogP contribution in [0.5, 0.6) is 0 Å². The second kappa shape index (κ2) is 6.60. The van der Waals surface area contributed by atoms with E-state index in [4.69, 9.17) is 9.15 Å². The first kappa shape index (κ1) is 17.0. The Balaban J connectivity index is 1.54. The minimum Gasteiger partial charge on any atom is -0.464 e. The highest BCUT2D eigenvalue weighted by Gasteiger charge is 2.43. The van der Waals surface area contributed by atoms with Gasteiger partial charge in [0.15, 0.2) is 6.61 Å². The van der Waals surface area contributed by atoms with E-state index in [0.717, 1.165) is 34.9 Å². The summed E-state index contributed by atoms with van der Waals surface area (Å²) in [5.41, 5.74) is 1.63. The molecule has 130 valence electrons. The van der Waals surface area contributed by atoms with Crippen molar-refractivity contribution < 1.29 is 18.7 Å². The van der Waals surface area contributed by atoms with Gasteiger partial charge in [0.25, 0.3) is 5.91 Å². The van der Waals surface area contributed by atoms with Crippen molar-refractivity contribution in [2.45, 2.75) is 38.6 Å². The fraction of sp³-hybridized carbons (Fsp3) is 0.421. The molecule has 2 aromatic rings. The summed E-state index contributed by atoms with van der Waals surface area (Å²) in [6, 6.07) is 7.88. The largest absolute Gasteiger partial charge is 0.464 e. The number of nitrogens with one attached hydrogen (secondary N) is 1. The first-order chi connectivity index (χ1) is 11.9. The third-order valence-corrected chi connectivity index (χ3v) is 4.54. The molecule has 3 rings (SSSR count). The third-order valence-electron chi connectivity index (χ3n) is 4.54. The van der Waals surface area contributed by atoms with Crippen LogP contribution in [0, 0.1) is 24.2 Å². The van der Waals surface area contributed by atoms with E-state index in [-0.39, 0.29) is 12.3 Å². The average Bonchev–Trinajstić information content (AvgIpc) is 3.37. The normalized spacial score (nSPS) is 16.0. The number of hydrogen-bond acceptors (Lipinski definition) is 5. The third kappa shape index (κ3) is 3.82. The van der Waals surface area contributed by atoms with Crippen LogP contribution in [0.2, 0.25) is 0 Å². The molecule has 6 heteroatoms. The van der Waals surface area contributed by atoms with Gasteiger partial charge in [0.1, 0.15) is 11.1 Å². The molecule has 25 heavy (non-hydrogen) atoms. The SMILES string of the molecule is Cc1ccc2c(CC(=O)OCC(=O)N[C@@](C)(C#N)C3CC3)coc2c1. The van der Waals surface area contributed by atoms with Crippen LogP contribution >= 0.6 is 0 Å². The maximum Gasteiger partial charge on any atom is 0.310 e. The van der Waals surface area contributed by atoms with Crippen molar-refractivity contribution in [1.82, 2.24) is 5.32 Å². The van der Waals surface area contributed by atoms with Gasteiger partial charge >= 0.3 is 5.97 Å². The van der Waals surface area contributed by atoms with E-state index in [9.17, 15) is 14.9 Å². The Labute approximate surface area is 145 Å². The minimum atomic E-state index is -0.887. The minimum absolute atomic E-state index is 0.0292. The van der Waals surface area contributed by atoms with Crippen molar-refractivity contribution in [1.29, 1.82) is 5.26 Å². The van der Waals surface area contributed by atoms with Crippen LogP contribution in [-0.4, -0.2) is 24.0 Å². The molecule has 0 radical (unpaired) electrons. The molecule has 1 amide bonds. The van der Waals surface area contributed by atoms with Gasteiger partial charge < -0.3 is 14.5 Å². The molecule has 1 N–H and O–H groups in total. The molecule has 1 aliphatic carbocycles. The summed E-state index contributed by atoms with van der Waals surface area (Å²) in [5.74, 6) is -0.793. The first-order valence-electron chi connectivity index (χ1n) is 8.26. The highest BCUT2D eigenvalue weighted by atomic mass is 16.5. The van der Waals surface area contributed by atoms with Crippen LogP contribution < -0.4 is 5.32 Å². The Morgan fingerprint density at radius 1 is 1.44 bits per heavy atom. The summed E-state index contributed by atoms with van der Waals surface area (Å²) < 4.78 is 10.5. The number of benzene rings is 1. The highest BCUT2D eigenvalue weighted by molar-refractivity contribution is 5.87. The molecule has 0 spiro atoms. The fourth-order valence-electron chi connectivity index (χ4n) is 2.89. The molecule has 1 aromatic carbocycles. The zero-order chi connectivity index (χ0) is 18.0. The van der Waals surface area contributed by atoms with Crippen molar-refractivity contribution in [3.8, 4) is 6.07 Å². The summed E-state index contributed by atoms with van der Waals surface area (Å²) in [5, 5.41) is 12.7.